The van der Waals surface area contributed by atoms with Gasteiger partial charge in [-0.3, -0.25) is 4.57 Å². The minimum atomic E-state index is -2.19. The highest BCUT2D eigenvalue weighted by molar-refractivity contribution is 5.76. The first-order valence-corrected chi connectivity index (χ1v) is 9.90. The second-order valence-electron chi connectivity index (χ2n) is 7.38. The highest BCUT2D eigenvalue weighted by atomic mass is 19.1. The Morgan fingerprint density at radius 2 is 1.91 bits per heavy atom. The number of imidazole rings is 1. The Hall–Kier alpha value is -2.92. The average molecular weight is 453 g/mol. The fourth-order valence-corrected chi connectivity index (χ4v) is 3.62. The Morgan fingerprint density at radius 1 is 1.16 bits per heavy atom. The van der Waals surface area contributed by atoms with Crippen molar-refractivity contribution in [1.29, 1.82) is 0 Å². The topological polar surface area (TPSA) is 97.1 Å². The summed E-state index contributed by atoms with van der Waals surface area (Å²) >= 11 is 0. The van der Waals surface area contributed by atoms with Crippen molar-refractivity contribution in [3.05, 3.63) is 35.8 Å². The highest BCUT2D eigenvalue weighted by Gasteiger charge is 2.27. The highest BCUT2D eigenvalue weighted by Crippen LogP contribution is 2.32. The number of halogens is 3. The van der Waals surface area contributed by atoms with Crippen LogP contribution in [0.25, 0.3) is 11.2 Å². The summed E-state index contributed by atoms with van der Waals surface area (Å²) in [6.45, 7) is 0.653. The first-order valence-electron chi connectivity index (χ1n) is 12.7. The molecule has 1 aliphatic heterocycles. The van der Waals surface area contributed by atoms with E-state index >= 15 is 0 Å². The Labute approximate surface area is 188 Å². The molecule has 11 heteroatoms. The third-order valence-electron chi connectivity index (χ3n) is 5.15. The van der Waals surface area contributed by atoms with Gasteiger partial charge in [0.05, 0.1) is 26.3 Å². The predicted molar refractivity (Wildman–Crippen MR) is 111 cm³/mol. The molecule has 5 unspecified atom stereocenters. The van der Waals surface area contributed by atoms with Crippen molar-refractivity contribution in [2.75, 3.05) is 23.8 Å². The van der Waals surface area contributed by atoms with Crippen LogP contribution < -0.4 is 10.6 Å². The van der Waals surface area contributed by atoms with Gasteiger partial charge in [0.2, 0.25) is 11.9 Å². The van der Waals surface area contributed by atoms with E-state index in [4.69, 9.17) is 11.6 Å². The van der Waals surface area contributed by atoms with E-state index in [1.165, 1.54) is 10.8 Å². The second kappa shape index (κ2) is 8.55. The van der Waals surface area contributed by atoms with E-state index in [1.54, 1.807) is 0 Å². The Kier molecular flexibility index (Phi) is 4.22. The molecule has 2 aromatic heterocycles. The first kappa shape index (κ1) is 15.8. The molecule has 3 N–H and O–H groups in total. The maximum absolute atomic E-state index is 14.3. The molecule has 0 spiro atoms. The summed E-state index contributed by atoms with van der Waals surface area (Å²) in [5.74, 6) is -3.62. The number of aromatic nitrogens is 4. The van der Waals surface area contributed by atoms with Gasteiger partial charge >= 0.3 is 0 Å². The van der Waals surface area contributed by atoms with E-state index < -0.39 is 60.8 Å². The predicted octanol–water partition coefficient (Wildman–Crippen LogP) is 3.66. The van der Waals surface area contributed by atoms with E-state index in [0.717, 1.165) is 0 Å². The summed E-state index contributed by atoms with van der Waals surface area (Å²) in [5.41, 5.74) is -0.223. The molecule has 0 amide bonds. The zero-order valence-electron chi connectivity index (χ0n) is 21.6. The lowest BCUT2D eigenvalue weighted by Crippen LogP contribution is -2.29. The standard InChI is InChI=1S/C21H23F3N6O2/c22-11-7-15(23)18(16(24)8-11)28-21-27-17-9-25-20(26-12-1-3-14(31)4-2-12)29-19(17)30(21)13-5-6-32-10-13/h7-9,12-14,31H,1-6,10H2,(H,27,28)(H,25,26,29)/i1D,2D,3D,4D,12D. The molecular weight excluding hydrogens is 425 g/mol. The summed E-state index contributed by atoms with van der Waals surface area (Å²) in [6.07, 6.45) is -5.97. The second-order valence-corrected chi connectivity index (χ2v) is 7.38. The summed E-state index contributed by atoms with van der Waals surface area (Å²) in [4.78, 5) is 12.8. The molecule has 5 rings (SSSR count). The smallest absolute Gasteiger partial charge is 0.224 e. The molecule has 32 heavy (non-hydrogen) atoms. The molecule has 3 aromatic rings. The third kappa shape index (κ3) is 4.09. The fraction of sp³-hybridized carbons (Fsp3) is 0.476. The maximum atomic E-state index is 14.3. The van der Waals surface area contributed by atoms with Gasteiger partial charge in [0.25, 0.3) is 0 Å². The molecule has 0 bridgehead atoms. The zero-order valence-corrected chi connectivity index (χ0v) is 16.6. The summed E-state index contributed by atoms with van der Waals surface area (Å²) in [6, 6.07) is -1.48. The largest absolute Gasteiger partial charge is 0.393 e. The van der Waals surface area contributed by atoms with Crippen LogP contribution in [0.1, 0.15) is 44.9 Å². The van der Waals surface area contributed by atoms with Crippen LogP contribution in [0.2, 0.25) is 0 Å². The molecule has 2 aliphatic rings. The van der Waals surface area contributed by atoms with E-state index in [1.807, 2.05) is 0 Å². The summed E-state index contributed by atoms with van der Waals surface area (Å²) in [5, 5.41) is 15.2. The van der Waals surface area contributed by atoms with Gasteiger partial charge in [0.15, 0.2) is 17.3 Å². The molecule has 1 saturated heterocycles. The number of ether oxygens (including phenoxy) is 1. The molecular formula is C21H23F3N6O2. The molecule has 5 atom stereocenters. The number of fused-ring (bicyclic) bond motifs is 1. The van der Waals surface area contributed by atoms with E-state index in [9.17, 15) is 18.3 Å². The molecule has 8 nitrogen and oxygen atoms in total. The average Bonchev–Trinajstić information content (AvgIpc) is 3.50. The molecule has 170 valence electrons. The Morgan fingerprint density at radius 3 is 2.59 bits per heavy atom. The summed E-state index contributed by atoms with van der Waals surface area (Å²) < 4.78 is 90.3. The van der Waals surface area contributed by atoms with Crippen LogP contribution >= 0.6 is 0 Å². The van der Waals surface area contributed by atoms with Gasteiger partial charge in [-0.15, -0.1) is 0 Å². The number of nitrogens with one attached hydrogen (secondary N) is 2. The van der Waals surface area contributed by atoms with Gasteiger partial charge in [0.1, 0.15) is 17.0 Å². The van der Waals surface area contributed by atoms with Gasteiger partial charge in [-0.25, -0.2) is 23.1 Å². The van der Waals surface area contributed by atoms with Gasteiger partial charge in [-0.1, -0.05) is 0 Å². The molecule has 0 radical (unpaired) electrons. The molecule has 1 aromatic carbocycles. The van der Waals surface area contributed by atoms with Gasteiger partial charge in [0, 0.05) is 30.2 Å². The monoisotopic (exact) mass is 453 g/mol. The number of hydrogen-bond donors (Lipinski definition) is 3. The first-order chi connectivity index (χ1) is 17.5. The van der Waals surface area contributed by atoms with E-state index in [2.05, 4.69) is 25.6 Å². The minimum Gasteiger partial charge on any atom is -0.393 e. The van der Waals surface area contributed by atoms with Crippen molar-refractivity contribution in [3.63, 3.8) is 0 Å². The van der Waals surface area contributed by atoms with Crippen molar-refractivity contribution in [1.82, 2.24) is 19.5 Å². The Bertz CT molecular complexity index is 1290. The third-order valence-corrected chi connectivity index (χ3v) is 5.15. The molecule has 1 aliphatic carbocycles. The van der Waals surface area contributed by atoms with Crippen LogP contribution in [0.5, 0.6) is 0 Å². The van der Waals surface area contributed by atoms with E-state index in [-0.39, 0.29) is 35.7 Å². The molecule has 2 fully saturated rings. The number of aliphatic hydroxyl groups is 1. The minimum absolute atomic E-state index is 0.0167. The Balaban J connectivity index is 1.55. The number of rotatable bonds is 5. The number of benzene rings is 1. The number of nitrogens with zero attached hydrogens (tertiary/aromatic N) is 4. The maximum Gasteiger partial charge on any atom is 0.224 e. The molecule has 1 saturated carbocycles. The van der Waals surface area contributed by atoms with E-state index in [0.29, 0.717) is 25.2 Å². The normalized spacial score (nSPS) is 37.3. The lowest BCUT2D eigenvalue weighted by molar-refractivity contribution is 0.126. The summed E-state index contributed by atoms with van der Waals surface area (Å²) in [7, 11) is 0. The van der Waals surface area contributed by atoms with Crippen LogP contribution in [-0.2, 0) is 4.74 Å². The van der Waals surface area contributed by atoms with Gasteiger partial charge < -0.3 is 20.5 Å². The number of anilines is 3. The van der Waals surface area contributed by atoms with Crippen LogP contribution in [-0.4, -0.2) is 50.0 Å². The van der Waals surface area contributed by atoms with Gasteiger partial charge in [-0.2, -0.15) is 4.98 Å². The van der Waals surface area contributed by atoms with Crippen LogP contribution in [0.4, 0.5) is 30.8 Å². The van der Waals surface area contributed by atoms with Crippen molar-refractivity contribution in [2.24, 2.45) is 0 Å². The van der Waals surface area contributed by atoms with Crippen molar-refractivity contribution in [2.45, 2.75) is 50.2 Å². The van der Waals surface area contributed by atoms with Crippen LogP contribution in [0.15, 0.2) is 18.3 Å². The number of hydrogen-bond acceptors (Lipinski definition) is 7. The van der Waals surface area contributed by atoms with Gasteiger partial charge in [-0.05, 0) is 32.0 Å². The lowest BCUT2D eigenvalue weighted by Gasteiger charge is -2.26. The molecule has 3 heterocycles. The van der Waals surface area contributed by atoms with Crippen molar-refractivity contribution in [3.8, 4) is 0 Å². The zero-order chi connectivity index (χ0) is 26.6. The SMILES string of the molecule is [2H]C1C(O)C([2H])C([2H])C([2H])(Nc2ncc3nc(Nc4c(F)cc(F)cc4F)n(C4CCOC4)c3n2)C1[2H]. The van der Waals surface area contributed by atoms with Crippen LogP contribution in [0.3, 0.4) is 0 Å². The van der Waals surface area contributed by atoms with Crippen molar-refractivity contribution < 1.29 is 29.9 Å². The van der Waals surface area contributed by atoms with Crippen molar-refractivity contribution >= 4 is 28.7 Å². The number of aliphatic hydroxyl groups excluding tert-OH is 1. The fourth-order valence-electron chi connectivity index (χ4n) is 3.62. The quantitative estimate of drug-likeness (QED) is 0.542. The lowest BCUT2D eigenvalue weighted by atomic mass is 9.93. The van der Waals surface area contributed by atoms with Crippen LogP contribution in [0, 0.1) is 17.5 Å².